The SMILES string of the molecule is O=C(NC1CCC(S(=O)(=O)c2cccc(C(F)(F)F)c2)CC1)c1ccc(C(F)(F)F)cn1. The van der Waals surface area contributed by atoms with E-state index in [1.807, 2.05) is 0 Å². The summed E-state index contributed by atoms with van der Waals surface area (Å²) >= 11 is 0. The molecule has 0 aliphatic heterocycles. The topological polar surface area (TPSA) is 76.1 Å². The van der Waals surface area contributed by atoms with Crippen LogP contribution in [0.5, 0.6) is 0 Å². The van der Waals surface area contributed by atoms with Gasteiger partial charge in [-0.2, -0.15) is 26.3 Å². The van der Waals surface area contributed by atoms with E-state index in [-0.39, 0.29) is 31.4 Å². The molecule has 5 nitrogen and oxygen atoms in total. The molecule has 0 spiro atoms. The van der Waals surface area contributed by atoms with E-state index in [4.69, 9.17) is 0 Å². The van der Waals surface area contributed by atoms with E-state index in [2.05, 4.69) is 10.3 Å². The molecule has 1 aromatic carbocycles. The van der Waals surface area contributed by atoms with E-state index in [1.165, 1.54) is 0 Å². The van der Waals surface area contributed by atoms with Crippen molar-refractivity contribution in [1.82, 2.24) is 10.3 Å². The van der Waals surface area contributed by atoms with Crippen LogP contribution in [0.2, 0.25) is 0 Å². The number of pyridine rings is 1. The first-order valence-electron chi connectivity index (χ1n) is 9.54. The second-order valence-corrected chi connectivity index (χ2v) is 9.68. The summed E-state index contributed by atoms with van der Waals surface area (Å²) in [5.41, 5.74) is -2.25. The predicted molar refractivity (Wildman–Crippen MR) is 101 cm³/mol. The summed E-state index contributed by atoms with van der Waals surface area (Å²) in [5.74, 6) is -0.692. The lowest BCUT2D eigenvalue weighted by Gasteiger charge is -2.29. The Bertz CT molecular complexity index is 1070. The molecular formula is C20H18F6N2O3S. The van der Waals surface area contributed by atoms with E-state index >= 15 is 0 Å². The minimum Gasteiger partial charge on any atom is -0.348 e. The molecule has 32 heavy (non-hydrogen) atoms. The Morgan fingerprint density at radius 2 is 1.53 bits per heavy atom. The zero-order valence-electron chi connectivity index (χ0n) is 16.4. The van der Waals surface area contributed by atoms with Crippen molar-refractivity contribution in [3.05, 3.63) is 59.4 Å². The molecule has 12 heteroatoms. The first-order valence-corrected chi connectivity index (χ1v) is 11.1. The minimum absolute atomic E-state index is 0.115. The Hall–Kier alpha value is -2.63. The lowest BCUT2D eigenvalue weighted by molar-refractivity contribution is -0.138. The van der Waals surface area contributed by atoms with Crippen LogP contribution in [0, 0.1) is 0 Å². The summed E-state index contributed by atoms with van der Waals surface area (Å²) < 4.78 is 102. The van der Waals surface area contributed by atoms with Crippen LogP contribution in [-0.2, 0) is 22.2 Å². The number of nitrogens with one attached hydrogen (secondary N) is 1. The average molecular weight is 480 g/mol. The van der Waals surface area contributed by atoms with Crippen LogP contribution in [0.1, 0.15) is 47.3 Å². The Kier molecular flexibility index (Phi) is 6.55. The summed E-state index contributed by atoms with van der Waals surface area (Å²) in [7, 11) is -4.00. The first-order chi connectivity index (χ1) is 14.8. The van der Waals surface area contributed by atoms with Crippen LogP contribution in [-0.4, -0.2) is 30.6 Å². The number of carbonyl (C=O) groups is 1. The van der Waals surface area contributed by atoms with E-state index in [0.29, 0.717) is 12.3 Å². The van der Waals surface area contributed by atoms with Crippen molar-refractivity contribution in [2.24, 2.45) is 0 Å². The third kappa shape index (κ3) is 5.40. The van der Waals surface area contributed by atoms with Crippen molar-refractivity contribution < 1.29 is 39.6 Å². The van der Waals surface area contributed by atoms with Crippen molar-refractivity contribution in [2.45, 2.75) is 54.2 Å². The predicted octanol–water partition coefficient (Wildman–Crippen LogP) is 4.63. The fourth-order valence-electron chi connectivity index (χ4n) is 3.51. The van der Waals surface area contributed by atoms with Crippen LogP contribution in [0.25, 0.3) is 0 Å². The normalized spacial score (nSPS) is 20.1. The number of alkyl halides is 6. The zero-order valence-corrected chi connectivity index (χ0v) is 17.2. The van der Waals surface area contributed by atoms with Gasteiger partial charge in [0.25, 0.3) is 5.91 Å². The number of rotatable bonds is 4. The van der Waals surface area contributed by atoms with Gasteiger partial charge in [0.05, 0.1) is 21.3 Å². The lowest BCUT2D eigenvalue weighted by Crippen LogP contribution is -2.40. The molecule has 0 saturated heterocycles. The van der Waals surface area contributed by atoms with Crippen molar-refractivity contribution in [2.75, 3.05) is 0 Å². The van der Waals surface area contributed by atoms with Gasteiger partial charge in [0, 0.05) is 12.2 Å². The smallest absolute Gasteiger partial charge is 0.348 e. The molecule has 2 aromatic rings. The van der Waals surface area contributed by atoms with E-state index < -0.39 is 55.4 Å². The third-order valence-corrected chi connectivity index (χ3v) is 7.52. The van der Waals surface area contributed by atoms with Crippen LogP contribution < -0.4 is 5.32 Å². The maximum Gasteiger partial charge on any atom is 0.417 e. The van der Waals surface area contributed by atoms with Gasteiger partial charge in [0.1, 0.15) is 5.69 Å². The third-order valence-electron chi connectivity index (χ3n) is 5.26. The van der Waals surface area contributed by atoms with Gasteiger partial charge < -0.3 is 5.32 Å². The number of aromatic nitrogens is 1. The van der Waals surface area contributed by atoms with Gasteiger partial charge in [-0.05, 0) is 56.0 Å². The standard InChI is InChI=1S/C20H18F6N2O3S/c21-19(22,23)12-2-1-3-16(10-12)32(30,31)15-7-5-14(6-8-15)28-18(29)17-9-4-13(11-27-17)20(24,25)26/h1-4,9-11,14-15H,5-8H2,(H,28,29). The first kappa shape index (κ1) is 24.0. The van der Waals surface area contributed by atoms with Gasteiger partial charge in [0.15, 0.2) is 9.84 Å². The summed E-state index contributed by atoms with van der Waals surface area (Å²) in [4.78, 5) is 15.3. The summed E-state index contributed by atoms with van der Waals surface area (Å²) in [6.45, 7) is 0. The number of carbonyl (C=O) groups excluding carboxylic acids is 1. The van der Waals surface area contributed by atoms with Crippen LogP contribution in [0.3, 0.4) is 0 Å². The van der Waals surface area contributed by atoms with Gasteiger partial charge in [-0.1, -0.05) is 6.07 Å². The van der Waals surface area contributed by atoms with Crippen molar-refractivity contribution in [3.63, 3.8) is 0 Å². The van der Waals surface area contributed by atoms with Gasteiger partial charge in [0.2, 0.25) is 0 Å². The molecule has 1 fully saturated rings. The fourth-order valence-corrected chi connectivity index (χ4v) is 5.35. The molecule has 0 unspecified atom stereocenters. The summed E-state index contributed by atoms with van der Waals surface area (Å²) in [6, 6.07) is 4.81. The molecule has 1 aromatic heterocycles. The highest BCUT2D eigenvalue weighted by Gasteiger charge is 2.36. The largest absolute Gasteiger partial charge is 0.417 e. The minimum atomic E-state index is -4.67. The van der Waals surface area contributed by atoms with Crippen molar-refractivity contribution >= 4 is 15.7 Å². The molecule has 1 aliphatic rings. The van der Waals surface area contributed by atoms with Gasteiger partial charge in [-0.3, -0.25) is 9.78 Å². The molecule has 3 rings (SSSR count). The molecule has 1 saturated carbocycles. The fraction of sp³-hybridized carbons (Fsp3) is 0.400. The van der Waals surface area contributed by atoms with E-state index in [1.54, 1.807) is 0 Å². The number of hydrogen-bond acceptors (Lipinski definition) is 4. The molecule has 0 radical (unpaired) electrons. The Morgan fingerprint density at radius 1 is 0.906 bits per heavy atom. The number of nitrogens with zero attached hydrogens (tertiary/aromatic N) is 1. The molecule has 1 aliphatic carbocycles. The average Bonchev–Trinajstić information content (AvgIpc) is 2.73. The number of amides is 1. The lowest BCUT2D eigenvalue weighted by atomic mass is 9.95. The van der Waals surface area contributed by atoms with E-state index in [0.717, 1.165) is 30.3 Å². The number of halogens is 6. The Balaban J connectivity index is 1.62. The van der Waals surface area contributed by atoms with Crippen LogP contribution in [0.15, 0.2) is 47.5 Å². The van der Waals surface area contributed by atoms with Gasteiger partial charge in [-0.15, -0.1) is 0 Å². The molecular weight excluding hydrogens is 462 g/mol. The molecule has 1 N–H and O–H groups in total. The molecule has 0 atom stereocenters. The zero-order chi connectivity index (χ0) is 23.7. The molecule has 174 valence electrons. The Labute approximate surface area is 179 Å². The number of sulfone groups is 1. The van der Waals surface area contributed by atoms with Crippen molar-refractivity contribution in [3.8, 4) is 0 Å². The maximum absolute atomic E-state index is 12.9. The number of hydrogen-bond donors (Lipinski definition) is 1. The highest BCUT2D eigenvalue weighted by atomic mass is 32.2. The second kappa shape index (κ2) is 8.72. The summed E-state index contributed by atoms with van der Waals surface area (Å²) in [6.07, 6.45) is -7.98. The number of benzene rings is 1. The van der Waals surface area contributed by atoms with Crippen LogP contribution >= 0.6 is 0 Å². The van der Waals surface area contributed by atoms with Gasteiger partial charge in [-0.25, -0.2) is 8.42 Å². The second-order valence-electron chi connectivity index (χ2n) is 7.45. The quantitative estimate of drug-likeness (QED) is 0.648. The van der Waals surface area contributed by atoms with Gasteiger partial charge >= 0.3 is 12.4 Å². The summed E-state index contributed by atoms with van der Waals surface area (Å²) in [5, 5.41) is 1.71. The molecule has 1 heterocycles. The van der Waals surface area contributed by atoms with Crippen molar-refractivity contribution in [1.29, 1.82) is 0 Å². The monoisotopic (exact) mass is 480 g/mol. The van der Waals surface area contributed by atoms with E-state index in [9.17, 15) is 39.6 Å². The molecule has 1 amide bonds. The van der Waals surface area contributed by atoms with Crippen LogP contribution in [0.4, 0.5) is 26.3 Å². The highest BCUT2D eigenvalue weighted by Crippen LogP contribution is 2.34. The Morgan fingerprint density at radius 3 is 2.06 bits per heavy atom. The molecule has 0 bridgehead atoms. The maximum atomic E-state index is 12.9. The highest BCUT2D eigenvalue weighted by molar-refractivity contribution is 7.92.